The van der Waals surface area contributed by atoms with E-state index in [1.807, 2.05) is 30.3 Å². The minimum Gasteiger partial charge on any atom is -0.497 e. The fourth-order valence-electron chi connectivity index (χ4n) is 3.97. The Kier molecular flexibility index (Phi) is 7.18. The summed E-state index contributed by atoms with van der Waals surface area (Å²) in [7, 11) is -0.604. The third kappa shape index (κ3) is 5.52. The topological polar surface area (TPSA) is 96.0 Å². The van der Waals surface area contributed by atoms with Crippen LogP contribution >= 0.6 is 0 Å². The van der Waals surface area contributed by atoms with Crippen molar-refractivity contribution < 1.29 is 22.7 Å². The predicted molar refractivity (Wildman–Crippen MR) is 134 cm³/mol. The van der Waals surface area contributed by atoms with E-state index < -0.39 is 15.9 Å². The largest absolute Gasteiger partial charge is 0.497 e. The highest BCUT2D eigenvalue weighted by atomic mass is 32.2. The van der Waals surface area contributed by atoms with E-state index in [0.717, 1.165) is 5.56 Å². The number of hydrogen-bond acceptors (Lipinski definition) is 5. The fraction of sp³-hybridized carbons (Fsp3) is 0.231. The summed E-state index contributed by atoms with van der Waals surface area (Å²) >= 11 is 0. The molecule has 1 heterocycles. The lowest BCUT2D eigenvalue weighted by Gasteiger charge is -2.18. The number of nitrogens with one attached hydrogen (secondary N) is 1. The van der Waals surface area contributed by atoms with Crippen molar-refractivity contribution in [1.29, 1.82) is 0 Å². The lowest BCUT2D eigenvalue weighted by atomic mass is 10.1. The number of rotatable bonds is 8. The third-order valence-electron chi connectivity index (χ3n) is 5.94. The number of carbonyl (C=O) groups excluding carboxylic acids is 2. The van der Waals surface area contributed by atoms with E-state index in [1.54, 1.807) is 48.4 Å². The molecule has 0 aromatic heterocycles. The zero-order valence-corrected chi connectivity index (χ0v) is 20.4. The van der Waals surface area contributed by atoms with Crippen LogP contribution in [-0.2, 0) is 26.2 Å². The van der Waals surface area contributed by atoms with E-state index in [2.05, 4.69) is 5.32 Å². The van der Waals surface area contributed by atoms with Crippen LogP contribution in [0.5, 0.6) is 5.75 Å². The van der Waals surface area contributed by atoms with Gasteiger partial charge < -0.3 is 15.0 Å². The van der Waals surface area contributed by atoms with Gasteiger partial charge in [0.2, 0.25) is 21.8 Å². The molecular formula is C26H27N3O5S. The van der Waals surface area contributed by atoms with E-state index in [9.17, 15) is 18.0 Å². The SMILES string of the molecule is COc1cccc(N2CC(C(=O)Nc3ccc(S(=O)(=O)N(C)Cc4ccccc4)cc3)CC2=O)c1. The number of methoxy groups -OCH3 is 1. The van der Waals surface area contributed by atoms with E-state index in [4.69, 9.17) is 4.74 Å². The average Bonchev–Trinajstić information content (AvgIpc) is 3.26. The second-order valence-corrected chi connectivity index (χ2v) is 10.4. The molecule has 1 saturated heterocycles. The van der Waals surface area contributed by atoms with Gasteiger partial charge in [-0.3, -0.25) is 9.59 Å². The quantitative estimate of drug-likeness (QED) is 0.518. The summed E-state index contributed by atoms with van der Waals surface area (Å²) in [5.41, 5.74) is 2.03. The van der Waals surface area contributed by atoms with Crippen molar-refractivity contribution in [3.63, 3.8) is 0 Å². The van der Waals surface area contributed by atoms with E-state index in [-0.39, 0.29) is 36.2 Å². The number of carbonyl (C=O) groups is 2. The molecule has 4 rings (SSSR count). The molecular weight excluding hydrogens is 466 g/mol. The molecule has 182 valence electrons. The average molecular weight is 494 g/mol. The Labute approximate surface area is 205 Å². The highest BCUT2D eigenvalue weighted by Gasteiger charge is 2.35. The van der Waals surface area contributed by atoms with Gasteiger partial charge in [0.15, 0.2) is 0 Å². The van der Waals surface area contributed by atoms with Crippen LogP contribution in [0.4, 0.5) is 11.4 Å². The fourth-order valence-corrected chi connectivity index (χ4v) is 5.13. The Balaban J connectivity index is 1.39. The van der Waals surface area contributed by atoms with Crippen molar-refractivity contribution in [2.75, 3.05) is 30.9 Å². The summed E-state index contributed by atoms with van der Waals surface area (Å²) < 4.78 is 32.3. The third-order valence-corrected chi connectivity index (χ3v) is 7.76. The number of amides is 2. The van der Waals surface area contributed by atoms with Crippen LogP contribution in [-0.4, -0.2) is 45.2 Å². The number of anilines is 2. The lowest BCUT2D eigenvalue weighted by molar-refractivity contribution is -0.122. The standard InChI is InChI=1S/C26H27N3O5S/c1-28(17-19-7-4-3-5-8-19)35(32,33)24-13-11-21(12-14-24)27-26(31)20-15-25(30)29(18-20)22-9-6-10-23(16-22)34-2/h3-14,16,20H,15,17-18H2,1-2H3,(H,27,31). The minimum atomic E-state index is -3.69. The number of hydrogen-bond donors (Lipinski definition) is 1. The van der Waals surface area contributed by atoms with Crippen molar-refractivity contribution in [3.05, 3.63) is 84.4 Å². The van der Waals surface area contributed by atoms with Gasteiger partial charge in [-0.1, -0.05) is 36.4 Å². The second-order valence-electron chi connectivity index (χ2n) is 8.37. The highest BCUT2D eigenvalue weighted by molar-refractivity contribution is 7.89. The summed E-state index contributed by atoms with van der Waals surface area (Å²) in [4.78, 5) is 27.0. The van der Waals surface area contributed by atoms with Gasteiger partial charge in [0, 0.05) is 44.0 Å². The maximum absolute atomic E-state index is 12.9. The second kappa shape index (κ2) is 10.3. The van der Waals surface area contributed by atoms with Crippen LogP contribution in [0.1, 0.15) is 12.0 Å². The first-order chi connectivity index (χ1) is 16.8. The highest BCUT2D eigenvalue weighted by Crippen LogP contribution is 2.29. The maximum atomic E-state index is 12.9. The molecule has 1 fully saturated rings. The number of ether oxygens (including phenoxy) is 1. The molecule has 0 aliphatic carbocycles. The maximum Gasteiger partial charge on any atom is 0.243 e. The van der Waals surface area contributed by atoms with Crippen LogP contribution in [0.25, 0.3) is 0 Å². The van der Waals surface area contributed by atoms with Crippen LogP contribution < -0.4 is 15.0 Å². The molecule has 1 aliphatic rings. The first kappa shape index (κ1) is 24.4. The lowest BCUT2D eigenvalue weighted by Crippen LogP contribution is -2.28. The normalized spacial score (nSPS) is 15.9. The van der Waals surface area contributed by atoms with E-state index in [0.29, 0.717) is 17.1 Å². The molecule has 0 radical (unpaired) electrons. The molecule has 0 saturated carbocycles. The molecule has 1 atom stereocenters. The molecule has 9 heteroatoms. The minimum absolute atomic E-state index is 0.0970. The molecule has 8 nitrogen and oxygen atoms in total. The summed E-state index contributed by atoms with van der Waals surface area (Å²) in [6, 6.07) is 22.5. The Morgan fingerprint density at radius 2 is 1.77 bits per heavy atom. The monoisotopic (exact) mass is 493 g/mol. The van der Waals surface area contributed by atoms with E-state index >= 15 is 0 Å². The molecule has 1 N–H and O–H groups in total. The molecule has 3 aromatic carbocycles. The zero-order chi connectivity index (χ0) is 25.0. The Morgan fingerprint density at radius 3 is 2.46 bits per heavy atom. The molecule has 1 aliphatic heterocycles. The van der Waals surface area contributed by atoms with Crippen LogP contribution in [0.2, 0.25) is 0 Å². The Morgan fingerprint density at radius 1 is 1.06 bits per heavy atom. The first-order valence-corrected chi connectivity index (χ1v) is 12.6. The first-order valence-electron chi connectivity index (χ1n) is 11.1. The van der Waals surface area contributed by atoms with Gasteiger partial charge >= 0.3 is 0 Å². The van der Waals surface area contributed by atoms with Crippen molar-refractivity contribution in [1.82, 2.24) is 4.31 Å². The number of benzene rings is 3. The predicted octanol–water partition coefficient (Wildman–Crippen LogP) is 3.51. The molecule has 1 unspecified atom stereocenters. The van der Waals surface area contributed by atoms with Gasteiger partial charge in [-0.15, -0.1) is 0 Å². The Bertz CT molecular complexity index is 1310. The van der Waals surface area contributed by atoms with Crippen LogP contribution in [0.3, 0.4) is 0 Å². The van der Waals surface area contributed by atoms with Gasteiger partial charge in [-0.2, -0.15) is 4.31 Å². The van der Waals surface area contributed by atoms with Crippen LogP contribution in [0, 0.1) is 5.92 Å². The van der Waals surface area contributed by atoms with Gasteiger partial charge in [0.05, 0.1) is 17.9 Å². The van der Waals surface area contributed by atoms with Crippen molar-refractivity contribution >= 4 is 33.2 Å². The number of nitrogens with zero attached hydrogens (tertiary/aromatic N) is 2. The molecule has 0 bridgehead atoms. The van der Waals surface area contributed by atoms with Gasteiger partial charge in [-0.25, -0.2) is 8.42 Å². The zero-order valence-electron chi connectivity index (χ0n) is 19.5. The molecule has 0 spiro atoms. The van der Waals surface area contributed by atoms with Crippen molar-refractivity contribution in [3.8, 4) is 5.75 Å². The summed E-state index contributed by atoms with van der Waals surface area (Å²) in [6.45, 7) is 0.510. The van der Waals surface area contributed by atoms with Crippen molar-refractivity contribution in [2.45, 2.75) is 17.9 Å². The van der Waals surface area contributed by atoms with Crippen molar-refractivity contribution in [2.24, 2.45) is 5.92 Å². The summed E-state index contributed by atoms with van der Waals surface area (Å²) in [5, 5.41) is 2.80. The number of sulfonamides is 1. The van der Waals surface area contributed by atoms with E-state index in [1.165, 1.54) is 23.5 Å². The smallest absolute Gasteiger partial charge is 0.243 e. The van der Waals surface area contributed by atoms with Crippen LogP contribution in [0.15, 0.2) is 83.8 Å². The van der Waals surface area contributed by atoms with Gasteiger partial charge in [0.1, 0.15) is 5.75 Å². The molecule has 35 heavy (non-hydrogen) atoms. The molecule has 3 aromatic rings. The van der Waals surface area contributed by atoms with Gasteiger partial charge in [0.25, 0.3) is 0 Å². The Hall–Kier alpha value is -3.69. The summed E-state index contributed by atoms with van der Waals surface area (Å²) in [6.07, 6.45) is 0.0970. The summed E-state index contributed by atoms with van der Waals surface area (Å²) in [5.74, 6) is -0.316. The van der Waals surface area contributed by atoms with Gasteiger partial charge in [-0.05, 0) is 42.0 Å². The molecule has 2 amide bonds.